The highest BCUT2D eigenvalue weighted by Crippen LogP contribution is 2.26. The molecule has 0 aliphatic heterocycles. The van der Waals surface area contributed by atoms with Gasteiger partial charge in [-0.1, -0.05) is 25.1 Å². The van der Waals surface area contributed by atoms with Crippen LogP contribution < -0.4 is 10.1 Å². The Morgan fingerprint density at radius 1 is 1.10 bits per heavy atom. The lowest BCUT2D eigenvalue weighted by Crippen LogP contribution is -2.19. The van der Waals surface area contributed by atoms with Gasteiger partial charge in [-0.15, -0.1) is 0 Å². The maximum absolute atomic E-state index is 13.9. The van der Waals surface area contributed by atoms with Crippen molar-refractivity contribution in [2.45, 2.75) is 19.4 Å². The maximum Gasteiger partial charge on any atom is 0.131 e. The summed E-state index contributed by atoms with van der Waals surface area (Å²) in [4.78, 5) is 0. The van der Waals surface area contributed by atoms with Gasteiger partial charge in [0, 0.05) is 11.6 Å². The molecule has 0 heterocycles. The molecule has 0 spiro atoms. The van der Waals surface area contributed by atoms with Gasteiger partial charge in [0.1, 0.15) is 17.4 Å². The molecule has 1 atom stereocenters. The second kappa shape index (κ2) is 7.18. The zero-order valence-electron chi connectivity index (χ0n) is 12.2. The van der Waals surface area contributed by atoms with Crippen LogP contribution in [0.5, 0.6) is 5.75 Å². The van der Waals surface area contributed by atoms with Crippen LogP contribution in [0, 0.1) is 11.6 Å². The fraction of sp³-hybridized carbons (Fsp3) is 0.294. The van der Waals surface area contributed by atoms with E-state index in [0.717, 1.165) is 23.8 Å². The standard InChI is InChI=1S/C17H19F2NO/c1-3-10-21-14-7-4-12(5-8-14)17(20-2)15-9-6-13(18)11-16(15)19/h4-9,11,17,20H,3,10H2,1-2H3. The summed E-state index contributed by atoms with van der Waals surface area (Å²) in [7, 11) is 1.74. The van der Waals surface area contributed by atoms with E-state index in [2.05, 4.69) is 5.32 Å². The van der Waals surface area contributed by atoms with Crippen molar-refractivity contribution in [2.24, 2.45) is 0 Å². The van der Waals surface area contributed by atoms with E-state index in [-0.39, 0.29) is 6.04 Å². The van der Waals surface area contributed by atoms with Crippen LogP contribution in [0.2, 0.25) is 0 Å². The highest BCUT2D eigenvalue weighted by atomic mass is 19.1. The summed E-state index contributed by atoms with van der Waals surface area (Å²) in [5.74, 6) is -0.342. The normalized spacial score (nSPS) is 12.2. The molecule has 21 heavy (non-hydrogen) atoms. The third-order valence-electron chi connectivity index (χ3n) is 3.25. The molecule has 0 aliphatic rings. The maximum atomic E-state index is 13.9. The Balaban J connectivity index is 2.24. The van der Waals surface area contributed by atoms with Crippen molar-refractivity contribution in [3.05, 3.63) is 65.2 Å². The number of hydrogen-bond acceptors (Lipinski definition) is 2. The summed E-state index contributed by atoms with van der Waals surface area (Å²) in [6, 6.07) is 10.8. The fourth-order valence-electron chi connectivity index (χ4n) is 2.21. The molecule has 2 aromatic carbocycles. The fourth-order valence-corrected chi connectivity index (χ4v) is 2.21. The Morgan fingerprint density at radius 2 is 1.81 bits per heavy atom. The van der Waals surface area contributed by atoms with Crippen LogP contribution in [0.3, 0.4) is 0 Å². The molecular weight excluding hydrogens is 272 g/mol. The summed E-state index contributed by atoms with van der Waals surface area (Å²) in [5.41, 5.74) is 1.31. The molecular formula is C17H19F2NO. The monoisotopic (exact) mass is 291 g/mol. The molecule has 0 aliphatic carbocycles. The number of benzene rings is 2. The number of rotatable bonds is 6. The van der Waals surface area contributed by atoms with E-state index in [9.17, 15) is 8.78 Å². The van der Waals surface area contributed by atoms with Crippen LogP contribution in [0.1, 0.15) is 30.5 Å². The third-order valence-corrected chi connectivity index (χ3v) is 3.25. The van der Waals surface area contributed by atoms with E-state index in [4.69, 9.17) is 4.74 Å². The first-order valence-electron chi connectivity index (χ1n) is 7.00. The highest BCUT2D eigenvalue weighted by molar-refractivity contribution is 5.36. The average molecular weight is 291 g/mol. The predicted octanol–water partition coefficient (Wildman–Crippen LogP) is 4.06. The molecule has 2 rings (SSSR count). The van der Waals surface area contributed by atoms with E-state index in [1.165, 1.54) is 12.1 Å². The Hall–Kier alpha value is -1.94. The molecule has 112 valence electrons. The van der Waals surface area contributed by atoms with Gasteiger partial charge in [0.2, 0.25) is 0 Å². The zero-order chi connectivity index (χ0) is 15.2. The van der Waals surface area contributed by atoms with Crippen LogP contribution in [-0.4, -0.2) is 13.7 Å². The Morgan fingerprint density at radius 3 is 2.38 bits per heavy atom. The van der Waals surface area contributed by atoms with Gasteiger partial charge in [-0.05, 0) is 37.2 Å². The Labute approximate surface area is 123 Å². The summed E-state index contributed by atoms with van der Waals surface area (Å²) in [6.45, 7) is 2.71. The van der Waals surface area contributed by atoms with Gasteiger partial charge < -0.3 is 10.1 Å². The van der Waals surface area contributed by atoms with Gasteiger partial charge in [0.05, 0.1) is 12.6 Å². The predicted molar refractivity (Wildman–Crippen MR) is 79.5 cm³/mol. The molecule has 2 aromatic rings. The van der Waals surface area contributed by atoms with Crippen LogP contribution in [0.4, 0.5) is 8.78 Å². The smallest absolute Gasteiger partial charge is 0.131 e. The minimum atomic E-state index is -0.575. The minimum Gasteiger partial charge on any atom is -0.494 e. The second-order valence-corrected chi connectivity index (χ2v) is 4.81. The first-order valence-corrected chi connectivity index (χ1v) is 7.00. The Bertz CT molecular complexity index is 584. The van der Waals surface area contributed by atoms with Crippen LogP contribution in [0.15, 0.2) is 42.5 Å². The molecule has 0 amide bonds. The van der Waals surface area contributed by atoms with E-state index in [1.807, 2.05) is 31.2 Å². The van der Waals surface area contributed by atoms with Crippen molar-refractivity contribution in [3.8, 4) is 5.75 Å². The highest BCUT2D eigenvalue weighted by Gasteiger charge is 2.16. The van der Waals surface area contributed by atoms with Crippen molar-refractivity contribution in [2.75, 3.05) is 13.7 Å². The molecule has 0 fully saturated rings. The van der Waals surface area contributed by atoms with E-state index in [0.29, 0.717) is 12.2 Å². The van der Waals surface area contributed by atoms with Crippen molar-refractivity contribution in [1.82, 2.24) is 5.32 Å². The van der Waals surface area contributed by atoms with Crippen molar-refractivity contribution in [3.63, 3.8) is 0 Å². The van der Waals surface area contributed by atoms with Crippen molar-refractivity contribution < 1.29 is 13.5 Å². The van der Waals surface area contributed by atoms with Crippen molar-refractivity contribution in [1.29, 1.82) is 0 Å². The number of hydrogen-bond donors (Lipinski definition) is 1. The average Bonchev–Trinajstić information content (AvgIpc) is 2.49. The van der Waals surface area contributed by atoms with Gasteiger partial charge in [-0.2, -0.15) is 0 Å². The third kappa shape index (κ3) is 3.79. The molecule has 0 aromatic heterocycles. The van der Waals surface area contributed by atoms with Gasteiger partial charge in [-0.3, -0.25) is 0 Å². The molecule has 0 saturated heterocycles. The minimum absolute atomic E-state index is 0.328. The van der Waals surface area contributed by atoms with Crippen LogP contribution >= 0.6 is 0 Å². The topological polar surface area (TPSA) is 21.3 Å². The van der Waals surface area contributed by atoms with Crippen molar-refractivity contribution >= 4 is 0 Å². The first-order chi connectivity index (χ1) is 10.2. The zero-order valence-corrected chi connectivity index (χ0v) is 12.2. The molecule has 0 saturated carbocycles. The summed E-state index contributed by atoms with van der Waals surface area (Å²) >= 11 is 0. The molecule has 1 N–H and O–H groups in total. The number of halogens is 2. The first kappa shape index (κ1) is 15.4. The molecule has 1 unspecified atom stereocenters. The lowest BCUT2D eigenvalue weighted by molar-refractivity contribution is 0.317. The van der Waals surface area contributed by atoms with Crippen LogP contribution in [-0.2, 0) is 0 Å². The SMILES string of the molecule is CCCOc1ccc(C(NC)c2ccc(F)cc2F)cc1. The van der Waals surface area contributed by atoms with E-state index in [1.54, 1.807) is 7.05 Å². The van der Waals surface area contributed by atoms with Crippen LogP contribution in [0.25, 0.3) is 0 Å². The molecule has 0 bridgehead atoms. The largest absolute Gasteiger partial charge is 0.494 e. The molecule has 0 radical (unpaired) electrons. The lowest BCUT2D eigenvalue weighted by Gasteiger charge is -2.18. The lowest BCUT2D eigenvalue weighted by atomic mass is 9.98. The van der Waals surface area contributed by atoms with Gasteiger partial charge in [-0.25, -0.2) is 8.78 Å². The summed E-state index contributed by atoms with van der Waals surface area (Å²) in [6.07, 6.45) is 0.946. The molecule has 4 heteroatoms. The second-order valence-electron chi connectivity index (χ2n) is 4.81. The Kier molecular flexibility index (Phi) is 5.28. The quantitative estimate of drug-likeness (QED) is 0.866. The van der Waals surface area contributed by atoms with Gasteiger partial charge in [0.25, 0.3) is 0 Å². The number of nitrogens with one attached hydrogen (secondary N) is 1. The van der Waals surface area contributed by atoms with E-state index < -0.39 is 11.6 Å². The van der Waals surface area contributed by atoms with Gasteiger partial charge in [0.15, 0.2) is 0 Å². The van der Waals surface area contributed by atoms with E-state index >= 15 is 0 Å². The summed E-state index contributed by atoms with van der Waals surface area (Å²) in [5, 5.41) is 3.05. The van der Waals surface area contributed by atoms with Gasteiger partial charge >= 0.3 is 0 Å². The molecule has 2 nitrogen and oxygen atoms in total. The summed E-state index contributed by atoms with van der Waals surface area (Å²) < 4.78 is 32.5. The number of ether oxygens (including phenoxy) is 1.